The molecule has 2 aromatic rings. The molecule has 3 rings (SSSR count). The van der Waals surface area contributed by atoms with Gasteiger partial charge in [0.15, 0.2) is 0 Å². The van der Waals surface area contributed by atoms with Gasteiger partial charge in [0.25, 0.3) is 11.8 Å². The molecule has 2 heterocycles. The summed E-state index contributed by atoms with van der Waals surface area (Å²) in [4.78, 5) is 37.9. The zero-order chi connectivity index (χ0) is 18.2. The van der Waals surface area contributed by atoms with Crippen molar-refractivity contribution in [3.63, 3.8) is 0 Å². The Balaban J connectivity index is 1.72. The molecule has 130 valence electrons. The molecule has 0 atom stereocenters. The monoisotopic (exact) mass is 378 g/mol. The number of anilines is 1. The predicted molar refractivity (Wildman–Crippen MR) is 93.7 cm³/mol. The molecule has 0 bridgehead atoms. The first-order valence-corrected chi connectivity index (χ1v) is 8.83. The second-order valence-electron chi connectivity index (χ2n) is 6.21. The van der Waals surface area contributed by atoms with E-state index in [-0.39, 0.29) is 30.1 Å². The van der Waals surface area contributed by atoms with Crippen LogP contribution in [0.1, 0.15) is 39.6 Å². The Morgan fingerprint density at radius 2 is 1.80 bits per heavy atom. The van der Waals surface area contributed by atoms with E-state index in [0.29, 0.717) is 21.3 Å². The average molecular weight is 379 g/mol. The van der Waals surface area contributed by atoms with Crippen molar-refractivity contribution in [2.24, 2.45) is 5.41 Å². The van der Waals surface area contributed by atoms with Gasteiger partial charge in [-0.3, -0.25) is 19.3 Å². The number of imide groups is 1. The minimum absolute atomic E-state index is 0.0127. The Morgan fingerprint density at radius 1 is 1.20 bits per heavy atom. The molecule has 0 saturated carbocycles. The number of rotatable bonds is 5. The largest absolute Gasteiger partial charge is 0.300 e. The van der Waals surface area contributed by atoms with E-state index in [4.69, 9.17) is 11.6 Å². The number of hydrogen-bond acceptors (Lipinski definition) is 6. The van der Waals surface area contributed by atoms with E-state index in [2.05, 4.69) is 15.5 Å². The molecule has 0 fully saturated rings. The summed E-state index contributed by atoms with van der Waals surface area (Å²) in [6, 6.07) is 6.67. The zero-order valence-corrected chi connectivity index (χ0v) is 15.1. The van der Waals surface area contributed by atoms with Crippen LogP contribution in [0.4, 0.5) is 5.13 Å². The molecule has 1 aliphatic rings. The summed E-state index contributed by atoms with van der Waals surface area (Å²) >= 11 is 6.89. The van der Waals surface area contributed by atoms with Gasteiger partial charge in [-0.25, -0.2) is 0 Å². The Hall–Kier alpha value is -2.32. The van der Waals surface area contributed by atoms with Crippen LogP contribution in [0.3, 0.4) is 0 Å². The highest BCUT2D eigenvalue weighted by molar-refractivity contribution is 7.15. The van der Waals surface area contributed by atoms with Gasteiger partial charge in [-0.15, -0.1) is 21.8 Å². The molecular formula is C16H15ClN4O3S. The van der Waals surface area contributed by atoms with E-state index < -0.39 is 5.41 Å². The van der Waals surface area contributed by atoms with E-state index >= 15 is 0 Å². The summed E-state index contributed by atoms with van der Waals surface area (Å²) in [5, 5.41) is 11.2. The number of aromatic nitrogens is 2. The minimum atomic E-state index is -0.740. The molecule has 3 amide bonds. The fourth-order valence-electron chi connectivity index (χ4n) is 2.21. The predicted octanol–water partition coefficient (Wildman–Crippen LogP) is 2.54. The van der Waals surface area contributed by atoms with Crippen molar-refractivity contribution in [3.8, 4) is 0 Å². The fourth-order valence-corrected chi connectivity index (χ4v) is 3.06. The van der Waals surface area contributed by atoms with E-state index in [1.54, 1.807) is 38.1 Å². The van der Waals surface area contributed by atoms with Crippen molar-refractivity contribution in [3.05, 3.63) is 40.4 Å². The molecule has 1 aliphatic heterocycles. The number of benzene rings is 1. The van der Waals surface area contributed by atoms with Crippen LogP contribution >= 0.6 is 22.9 Å². The third-order valence-electron chi connectivity index (χ3n) is 3.81. The smallest absolute Gasteiger partial charge is 0.261 e. The first-order valence-electron chi connectivity index (χ1n) is 7.48. The Labute approximate surface area is 153 Å². The minimum Gasteiger partial charge on any atom is -0.300 e. The number of hydrogen-bond donors (Lipinski definition) is 1. The normalized spacial score (nSPS) is 14.0. The van der Waals surface area contributed by atoms with E-state index in [1.165, 1.54) is 0 Å². The van der Waals surface area contributed by atoms with Crippen LogP contribution in [0.2, 0.25) is 0 Å². The molecule has 0 aliphatic carbocycles. The first kappa shape index (κ1) is 17.5. The van der Waals surface area contributed by atoms with Crippen molar-refractivity contribution in [2.75, 3.05) is 11.2 Å². The Bertz CT molecular complexity index is 830. The van der Waals surface area contributed by atoms with Gasteiger partial charge in [-0.2, -0.15) is 0 Å². The number of carbonyl (C=O) groups excluding carboxylic acids is 3. The SMILES string of the molecule is CC(C)(CCl)C(=O)Nc1nnc(CN2C(=O)c3ccccc3C2=O)s1. The zero-order valence-electron chi connectivity index (χ0n) is 13.6. The van der Waals surface area contributed by atoms with Gasteiger partial charge in [-0.1, -0.05) is 23.5 Å². The number of halogens is 1. The molecule has 0 unspecified atom stereocenters. The molecular weight excluding hydrogens is 364 g/mol. The van der Waals surface area contributed by atoms with Crippen LogP contribution in [-0.4, -0.2) is 38.7 Å². The third-order valence-corrected chi connectivity index (χ3v) is 5.30. The molecule has 0 spiro atoms. The molecule has 9 heteroatoms. The van der Waals surface area contributed by atoms with Crippen LogP contribution in [0, 0.1) is 5.41 Å². The molecule has 1 N–H and O–H groups in total. The van der Waals surface area contributed by atoms with Gasteiger partial charge in [0.2, 0.25) is 11.0 Å². The Morgan fingerprint density at radius 3 is 2.36 bits per heavy atom. The highest BCUT2D eigenvalue weighted by Crippen LogP contribution is 2.27. The number of nitrogens with zero attached hydrogens (tertiary/aromatic N) is 3. The van der Waals surface area contributed by atoms with Crippen molar-refractivity contribution in [1.29, 1.82) is 0 Å². The molecule has 1 aromatic heterocycles. The Kier molecular flexibility index (Phi) is 4.57. The summed E-state index contributed by atoms with van der Waals surface area (Å²) in [6.45, 7) is 3.45. The molecule has 0 saturated heterocycles. The maximum atomic E-state index is 12.3. The maximum absolute atomic E-state index is 12.3. The molecule has 25 heavy (non-hydrogen) atoms. The number of carbonyl (C=O) groups is 3. The van der Waals surface area contributed by atoms with Gasteiger partial charge in [-0.05, 0) is 26.0 Å². The number of nitrogens with one attached hydrogen (secondary N) is 1. The lowest BCUT2D eigenvalue weighted by Gasteiger charge is -2.18. The summed E-state index contributed by atoms with van der Waals surface area (Å²) in [6.07, 6.45) is 0. The highest BCUT2D eigenvalue weighted by Gasteiger charge is 2.35. The van der Waals surface area contributed by atoms with Crippen LogP contribution in [0.5, 0.6) is 0 Å². The molecule has 1 aromatic carbocycles. The summed E-state index contributed by atoms with van der Waals surface area (Å²) in [5.74, 6) is -0.820. The number of fused-ring (bicyclic) bond motifs is 1. The number of amides is 3. The standard InChI is InChI=1S/C16H15ClN4O3S/c1-16(2,8-17)14(24)18-15-20-19-11(25-15)7-21-12(22)9-5-3-4-6-10(9)13(21)23/h3-6H,7-8H2,1-2H3,(H,18,20,24). The van der Waals surface area contributed by atoms with E-state index in [9.17, 15) is 14.4 Å². The lowest BCUT2D eigenvalue weighted by Crippen LogP contribution is -2.32. The second kappa shape index (κ2) is 6.53. The second-order valence-corrected chi connectivity index (χ2v) is 7.54. The van der Waals surface area contributed by atoms with E-state index in [1.807, 2.05) is 0 Å². The van der Waals surface area contributed by atoms with Crippen LogP contribution in [0.15, 0.2) is 24.3 Å². The average Bonchev–Trinajstić information content (AvgIpc) is 3.14. The van der Waals surface area contributed by atoms with Crippen molar-refractivity contribution < 1.29 is 14.4 Å². The molecule has 7 nitrogen and oxygen atoms in total. The highest BCUT2D eigenvalue weighted by atomic mass is 35.5. The summed E-state index contributed by atoms with van der Waals surface area (Å²) in [7, 11) is 0. The topological polar surface area (TPSA) is 92.3 Å². The van der Waals surface area contributed by atoms with Crippen LogP contribution in [-0.2, 0) is 11.3 Å². The summed E-state index contributed by atoms with van der Waals surface area (Å²) < 4.78 is 0. The molecule has 0 radical (unpaired) electrons. The van der Waals surface area contributed by atoms with Crippen LogP contribution in [0.25, 0.3) is 0 Å². The van der Waals surface area contributed by atoms with Crippen LogP contribution < -0.4 is 5.32 Å². The quantitative estimate of drug-likeness (QED) is 0.637. The van der Waals surface area contributed by atoms with Gasteiger partial charge in [0.05, 0.1) is 23.1 Å². The van der Waals surface area contributed by atoms with Gasteiger partial charge in [0.1, 0.15) is 5.01 Å². The van der Waals surface area contributed by atoms with Crippen molar-refractivity contribution in [1.82, 2.24) is 15.1 Å². The lowest BCUT2D eigenvalue weighted by molar-refractivity contribution is -0.122. The third kappa shape index (κ3) is 3.27. The van der Waals surface area contributed by atoms with Gasteiger partial charge in [0, 0.05) is 5.88 Å². The maximum Gasteiger partial charge on any atom is 0.261 e. The van der Waals surface area contributed by atoms with Crippen molar-refractivity contribution >= 4 is 45.8 Å². The first-order chi connectivity index (χ1) is 11.8. The van der Waals surface area contributed by atoms with Gasteiger partial charge < -0.3 is 5.32 Å². The van der Waals surface area contributed by atoms with Crippen molar-refractivity contribution in [2.45, 2.75) is 20.4 Å². The fraction of sp³-hybridized carbons (Fsp3) is 0.312. The van der Waals surface area contributed by atoms with E-state index in [0.717, 1.165) is 16.2 Å². The van der Waals surface area contributed by atoms with Gasteiger partial charge >= 0.3 is 0 Å². The summed E-state index contributed by atoms with van der Waals surface area (Å²) in [5.41, 5.74) is 0.0273. The number of alkyl halides is 1. The lowest BCUT2D eigenvalue weighted by atomic mass is 9.95.